The SMILES string of the molecule is C[C@H]1CCCCN1CC(=O)Nc1ccc(C#N)cc1. The molecule has 1 heterocycles. The van der Waals surface area contributed by atoms with Gasteiger partial charge in [-0.1, -0.05) is 6.42 Å². The third kappa shape index (κ3) is 3.80. The van der Waals surface area contributed by atoms with Gasteiger partial charge in [-0.15, -0.1) is 0 Å². The van der Waals surface area contributed by atoms with Gasteiger partial charge in [0.1, 0.15) is 0 Å². The topological polar surface area (TPSA) is 56.1 Å². The average Bonchev–Trinajstić information content (AvgIpc) is 2.42. The summed E-state index contributed by atoms with van der Waals surface area (Å²) in [6, 6.07) is 9.48. The predicted molar refractivity (Wildman–Crippen MR) is 74.7 cm³/mol. The summed E-state index contributed by atoms with van der Waals surface area (Å²) in [6.45, 7) is 3.62. The molecule has 1 atom stereocenters. The van der Waals surface area contributed by atoms with Crippen molar-refractivity contribution in [1.29, 1.82) is 5.26 Å². The van der Waals surface area contributed by atoms with E-state index in [1.165, 1.54) is 19.3 Å². The standard InChI is InChI=1S/C15H19N3O/c1-12-4-2-3-9-18(12)11-15(19)17-14-7-5-13(10-16)6-8-14/h5-8,12H,2-4,9,11H2,1H3,(H,17,19)/t12-/m0/s1. The Balaban J connectivity index is 1.88. The third-order valence-electron chi connectivity index (χ3n) is 3.59. The van der Waals surface area contributed by atoms with Crippen LogP contribution in [-0.4, -0.2) is 29.9 Å². The van der Waals surface area contributed by atoms with Gasteiger partial charge < -0.3 is 5.32 Å². The molecule has 0 aromatic heterocycles. The fourth-order valence-electron chi connectivity index (χ4n) is 2.41. The molecule has 0 aliphatic carbocycles. The van der Waals surface area contributed by atoms with Crippen molar-refractivity contribution in [3.05, 3.63) is 29.8 Å². The van der Waals surface area contributed by atoms with E-state index in [9.17, 15) is 4.79 Å². The van der Waals surface area contributed by atoms with Crippen LogP contribution >= 0.6 is 0 Å². The van der Waals surface area contributed by atoms with E-state index in [1.54, 1.807) is 24.3 Å². The first-order valence-corrected chi connectivity index (χ1v) is 6.73. The zero-order valence-corrected chi connectivity index (χ0v) is 11.2. The van der Waals surface area contributed by atoms with Crippen molar-refractivity contribution in [3.63, 3.8) is 0 Å². The van der Waals surface area contributed by atoms with Crippen LogP contribution in [0.25, 0.3) is 0 Å². The first-order valence-electron chi connectivity index (χ1n) is 6.73. The number of nitrogens with one attached hydrogen (secondary N) is 1. The van der Waals surface area contributed by atoms with Gasteiger partial charge in [-0.05, 0) is 50.6 Å². The molecule has 1 N–H and O–H groups in total. The van der Waals surface area contributed by atoms with Crippen molar-refractivity contribution in [2.75, 3.05) is 18.4 Å². The Morgan fingerprint density at radius 2 is 2.16 bits per heavy atom. The van der Waals surface area contributed by atoms with Gasteiger partial charge in [0.25, 0.3) is 0 Å². The Kier molecular flexibility index (Phi) is 4.53. The van der Waals surface area contributed by atoms with Gasteiger partial charge in [0.2, 0.25) is 5.91 Å². The number of carbonyl (C=O) groups excluding carboxylic acids is 1. The van der Waals surface area contributed by atoms with Crippen LogP contribution in [-0.2, 0) is 4.79 Å². The highest BCUT2D eigenvalue weighted by Gasteiger charge is 2.20. The second kappa shape index (κ2) is 6.35. The summed E-state index contributed by atoms with van der Waals surface area (Å²) in [5, 5.41) is 11.6. The van der Waals surface area contributed by atoms with Crippen LogP contribution < -0.4 is 5.32 Å². The Bertz CT molecular complexity index is 475. The smallest absolute Gasteiger partial charge is 0.238 e. The number of amides is 1. The summed E-state index contributed by atoms with van der Waals surface area (Å²) in [6.07, 6.45) is 3.60. The molecule has 1 aromatic rings. The van der Waals surface area contributed by atoms with Crippen molar-refractivity contribution in [2.24, 2.45) is 0 Å². The third-order valence-corrected chi connectivity index (χ3v) is 3.59. The zero-order valence-electron chi connectivity index (χ0n) is 11.2. The lowest BCUT2D eigenvalue weighted by Gasteiger charge is -2.32. The number of nitrogens with zero attached hydrogens (tertiary/aromatic N) is 2. The summed E-state index contributed by atoms with van der Waals surface area (Å²) >= 11 is 0. The monoisotopic (exact) mass is 257 g/mol. The minimum Gasteiger partial charge on any atom is -0.325 e. The zero-order chi connectivity index (χ0) is 13.7. The number of rotatable bonds is 3. The first kappa shape index (κ1) is 13.6. The van der Waals surface area contributed by atoms with Crippen LogP contribution in [0.2, 0.25) is 0 Å². The van der Waals surface area contributed by atoms with Crippen LogP contribution in [0.1, 0.15) is 31.7 Å². The quantitative estimate of drug-likeness (QED) is 0.904. The number of benzene rings is 1. The van der Waals surface area contributed by atoms with Crippen LogP contribution in [0.15, 0.2) is 24.3 Å². The number of carbonyl (C=O) groups is 1. The van der Waals surface area contributed by atoms with Gasteiger partial charge >= 0.3 is 0 Å². The van der Waals surface area contributed by atoms with Crippen molar-refractivity contribution in [3.8, 4) is 6.07 Å². The molecule has 4 heteroatoms. The van der Waals surface area contributed by atoms with Gasteiger partial charge in [-0.25, -0.2) is 0 Å². The van der Waals surface area contributed by atoms with Crippen molar-refractivity contribution >= 4 is 11.6 Å². The summed E-state index contributed by atoms with van der Waals surface area (Å²) in [4.78, 5) is 14.2. The van der Waals surface area contributed by atoms with E-state index in [1.807, 2.05) is 0 Å². The van der Waals surface area contributed by atoms with Crippen LogP contribution in [0.3, 0.4) is 0 Å². The maximum Gasteiger partial charge on any atom is 0.238 e. The van der Waals surface area contributed by atoms with E-state index in [0.717, 1.165) is 12.2 Å². The molecule has 0 radical (unpaired) electrons. The maximum absolute atomic E-state index is 12.0. The number of piperidine rings is 1. The molecule has 4 nitrogen and oxygen atoms in total. The highest BCUT2D eigenvalue weighted by atomic mass is 16.2. The Morgan fingerprint density at radius 3 is 2.79 bits per heavy atom. The van der Waals surface area contributed by atoms with E-state index in [-0.39, 0.29) is 5.91 Å². The van der Waals surface area contributed by atoms with Crippen LogP contribution in [0.5, 0.6) is 0 Å². The van der Waals surface area contributed by atoms with E-state index in [2.05, 4.69) is 23.2 Å². The van der Waals surface area contributed by atoms with Gasteiger partial charge in [0, 0.05) is 11.7 Å². The molecule has 1 aliphatic heterocycles. The van der Waals surface area contributed by atoms with Crippen LogP contribution in [0.4, 0.5) is 5.69 Å². The second-order valence-corrected chi connectivity index (χ2v) is 5.05. The highest BCUT2D eigenvalue weighted by Crippen LogP contribution is 2.16. The summed E-state index contributed by atoms with van der Waals surface area (Å²) in [5.41, 5.74) is 1.34. The van der Waals surface area contributed by atoms with Gasteiger partial charge in [-0.3, -0.25) is 9.69 Å². The molecule has 0 spiro atoms. The van der Waals surface area contributed by atoms with Gasteiger partial charge in [0.05, 0.1) is 18.2 Å². The van der Waals surface area contributed by atoms with Crippen molar-refractivity contribution < 1.29 is 4.79 Å². The molecule has 1 aliphatic rings. The lowest BCUT2D eigenvalue weighted by atomic mass is 10.0. The van der Waals surface area contributed by atoms with E-state index in [4.69, 9.17) is 5.26 Å². The molecule has 2 rings (SSSR count). The lowest BCUT2D eigenvalue weighted by Crippen LogP contribution is -2.42. The van der Waals surface area contributed by atoms with Crippen LogP contribution in [0, 0.1) is 11.3 Å². The predicted octanol–water partition coefficient (Wildman–Crippen LogP) is 2.37. The first-order chi connectivity index (χ1) is 9.19. The molecule has 0 unspecified atom stereocenters. The normalized spacial score (nSPS) is 19.7. The van der Waals surface area contributed by atoms with E-state index < -0.39 is 0 Å². The number of hydrogen-bond donors (Lipinski definition) is 1. The Morgan fingerprint density at radius 1 is 1.42 bits per heavy atom. The van der Waals surface area contributed by atoms with Gasteiger partial charge in [-0.2, -0.15) is 5.26 Å². The second-order valence-electron chi connectivity index (χ2n) is 5.05. The lowest BCUT2D eigenvalue weighted by molar-refractivity contribution is -0.118. The van der Waals surface area contributed by atoms with E-state index >= 15 is 0 Å². The molecule has 100 valence electrons. The fourth-order valence-corrected chi connectivity index (χ4v) is 2.41. The number of likely N-dealkylation sites (tertiary alicyclic amines) is 1. The molecule has 0 bridgehead atoms. The molecule has 1 aromatic carbocycles. The molecular formula is C15H19N3O. The molecule has 19 heavy (non-hydrogen) atoms. The molecule has 0 saturated carbocycles. The average molecular weight is 257 g/mol. The number of hydrogen-bond acceptors (Lipinski definition) is 3. The molecule has 1 fully saturated rings. The highest BCUT2D eigenvalue weighted by molar-refractivity contribution is 5.92. The van der Waals surface area contributed by atoms with E-state index in [0.29, 0.717) is 18.2 Å². The minimum atomic E-state index is 0.0125. The fraction of sp³-hybridized carbons (Fsp3) is 0.467. The summed E-state index contributed by atoms with van der Waals surface area (Å²) in [7, 11) is 0. The Hall–Kier alpha value is -1.86. The van der Waals surface area contributed by atoms with Crippen molar-refractivity contribution in [2.45, 2.75) is 32.2 Å². The van der Waals surface area contributed by atoms with Crippen molar-refractivity contribution in [1.82, 2.24) is 4.90 Å². The number of nitriles is 1. The molecular weight excluding hydrogens is 238 g/mol. The minimum absolute atomic E-state index is 0.0125. The molecule has 1 amide bonds. The largest absolute Gasteiger partial charge is 0.325 e. The summed E-state index contributed by atoms with van der Waals surface area (Å²) in [5.74, 6) is 0.0125. The maximum atomic E-state index is 12.0. The molecule has 1 saturated heterocycles. The number of anilines is 1. The van der Waals surface area contributed by atoms with Gasteiger partial charge in [0.15, 0.2) is 0 Å². The summed E-state index contributed by atoms with van der Waals surface area (Å²) < 4.78 is 0. The Labute approximate surface area is 114 Å².